The minimum Gasteiger partial charge on any atom is -0.365 e. The molecule has 0 saturated carbocycles. The van der Waals surface area contributed by atoms with E-state index in [0.29, 0.717) is 6.54 Å². The molecule has 0 bridgehead atoms. The van der Waals surface area contributed by atoms with Gasteiger partial charge in [0.05, 0.1) is 5.69 Å². The number of nitrogens with zero attached hydrogens (tertiary/aromatic N) is 2. The molecular weight excluding hydrogens is 230 g/mol. The molecule has 1 aromatic carbocycles. The van der Waals surface area contributed by atoms with Gasteiger partial charge in [-0.3, -0.25) is 14.3 Å². The molecular formula is C13H15N3O2. The van der Waals surface area contributed by atoms with Crippen molar-refractivity contribution in [3.63, 3.8) is 0 Å². The van der Waals surface area contributed by atoms with E-state index in [1.807, 2.05) is 37.3 Å². The van der Waals surface area contributed by atoms with Crippen molar-refractivity contribution >= 4 is 5.91 Å². The van der Waals surface area contributed by atoms with E-state index in [4.69, 9.17) is 5.73 Å². The molecule has 0 spiro atoms. The number of nitrogens with two attached hydrogens (primary N) is 1. The van der Waals surface area contributed by atoms with Gasteiger partial charge in [0.2, 0.25) is 0 Å². The molecule has 0 unspecified atom stereocenters. The molecule has 0 atom stereocenters. The first-order valence-corrected chi connectivity index (χ1v) is 5.83. The summed E-state index contributed by atoms with van der Waals surface area (Å²) >= 11 is 0. The second-order valence-electron chi connectivity index (χ2n) is 4.02. The van der Waals surface area contributed by atoms with Crippen molar-refractivity contribution in [3.05, 3.63) is 52.4 Å². The Balaban J connectivity index is 2.65. The second-order valence-corrected chi connectivity index (χ2v) is 4.02. The highest BCUT2D eigenvalue weighted by atomic mass is 16.2. The third-order valence-corrected chi connectivity index (χ3v) is 2.68. The van der Waals surface area contributed by atoms with Crippen LogP contribution in [-0.2, 0) is 6.54 Å². The molecule has 1 amide bonds. The Kier molecular flexibility index (Phi) is 3.32. The molecule has 5 heteroatoms. The van der Waals surface area contributed by atoms with Gasteiger partial charge in [0.25, 0.3) is 11.5 Å². The molecule has 1 heterocycles. The minimum atomic E-state index is -0.695. The smallest absolute Gasteiger partial charge is 0.284 e. The summed E-state index contributed by atoms with van der Waals surface area (Å²) in [5.74, 6) is -0.695. The molecule has 0 aliphatic heterocycles. The van der Waals surface area contributed by atoms with Crippen LogP contribution in [0.25, 0.3) is 5.69 Å². The van der Waals surface area contributed by atoms with Gasteiger partial charge in [-0.2, -0.15) is 0 Å². The zero-order valence-electron chi connectivity index (χ0n) is 10.2. The van der Waals surface area contributed by atoms with E-state index in [9.17, 15) is 9.59 Å². The number of hydrogen-bond acceptors (Lipinski definition) is 2. The number of primary amides is 1. The van der Waals surface area contributed by atoms with Crippen LogP contribution in [0.2, 0.25) is 0 Å². The zero-order valence-corrected chi connectivity index (χ0v) is 10.2. The van der Waals surface area contributed by atoms with E-state index < -0.39 is 5.91 Å². The van der Waals surface area contributed by atoms with Crippen molar-refractivity contribution in [3.8, 4) is 5.69 Å². The van der Waals surface area contributed by atoms with Crippen LogP contribution < -0.4 is 11.3 Å². The Morgan fingerprint density at radius 3 is 2.50 bits per heavy atom. The fourth-order valence-electron chi connectivity index (χ4n) is 1.89. The highest BCUT2D eigenvalue weighted by Gasteiger charge is 2.15. The molecule has 2 N–H and O–H groups in total. The molecule has 0 radical (unpaired) electrons. The predicted molar refractivity (Wildman–Crippen MR) is 68.8 cm³/mol. The lowest BCUT2D eigenvalue weighted by atomic mass is 10.3. The number of benzene rings is 1. The fraction of sp³-hybridized carbons (Fsp3) is 0.231. The largest absolute Gasteiger partial charge is 0.365 e. The van der Waals surface area contributed by atoms with Gasteiger partial charge in [0.15, 0.2) is 0 Å². The normalized spacial score (nSPS) is 10.5. The predicted octanol–water partition coefficient (Wildman–Crippen LogP) is 1.15. The van der Waals surface area contributed by atoms with Crippen molar-refractivity contribution in [1.82, 2.24) is 9.36 Å². The number of carbonyl (C=O) groups is 1. The van der Waals surface area contributed by atoms with E-state index >= 15 is 0 Å². The first kappa shape index (κ1) is 12.2. The van der Waals surface area contributed by atoms with Crippen LogP contribution >= 0.6 is 0 Å². The molecule has 0 aliphatic carbocycles. The number of hydrogen-bond donors (Lipinski definition) is 1. The van der Waals surface area contributed by atoms with Gasteiger partial charge in [-0.15, -0.1) is 0 Å². The molecule has 5 nitrogen and oxygen atoms in total. The molecule has 0 saturated heterocycles. The highest BCUT2D eigenvalue weighted by Crippen LogP contribution is 2.07. The van der Waals surface area contributed by atoms with E-state index in [1.165, 1.54) is 10.9 Å². The van der Waals surface area contributed by atoms with Crippen LogP contribution in [0, 0.1) is 0 Å². The number of carbonyl (C=O) groups excluding carboxylic acids is 1. The van der Waals surface area contributed by atoms with Gasteiger partial charge in [-0.05, 0) is 18.6 Å². The summed E-state index contributed by atoms with van der Waals surface area (Å²) in [6.45, 7) is 2.65. The molecule has 18 heavy (non-hydrogen) atoms. The number of aromatic nitrogens is 2. The monoisotopic (exact) mass is 245 g/mol. The van der Waals surface area contributed by atoms with Crippen LogP contribution in [0.3, 0.4) is 0 Å². The van der Waals surface area contributed by atoms with Crippen molar-refractivity contribution in [2.45, 2.75) is 19.9 Å². The highest BCUT2D eigenvalue weighted by molar-refractivity contribution is 5.92. The number of para-hydroxylation sites is 1. The lowest BCUT2D eigenvalue weighted by molar-refractivity contribution is 0.0999. The Morgan fingerprint density at radius 1 is 1.28 bits per heavy atom. The number of amides is 1. The molecule has 0 aliphatic rings. The molecule has 94 valence electrons. The third kappa shape index (κ3) is 2.07. The summed E-state index contributed by atoms with van der Waals surface area (Å²) in [5.41, 5.74) is 5.58. The van der Waals surface area contributed by atoms with E-state index in [1.54, 1.807) is 4.68 Å². The number of aryl methyl sites for hydroxylation is 1. The lowest BCUT2D eigenvalue weighted by Crippen LogP contribution is -2.26. The number of rotatable bonds is 4. The van der Waals surface area contributed by atoms with Gasteiger partial charge >= 0.3 is 0 Å². The maximum absolute atomic E-state index is 12.1. The van der Waals surface area contributed by atoms with Crippen LogP contribution in [0.15, 0.2) is 41.3 Å². The van der Waals surface area contributed by atoms with Crippen molar-refractivity contribution in [1.29, 1.82) is 0 Å². The van der Waals surface area contributed by atoms with Gasteiger partial charge < -0.3 is 5.73 Å². The summed E-state index contributed by atoms with van der Waals surface area (Å²) < 4.78 is 3.20. The van der Waals surface area contributed by atoms with Crippen molar-refractivity contribution in [2.24, 2.45) is 5.73 Å². The molecule has 0 fully saturated rings. The van der Waals surface area contributed by atoms with Crippen LogP contribution in [0.5, 0.6) is 0 Å². The Hall–Kier alpha value is -2.30. The van der Waals surface area contributed by atoms with Gasteiger partial charge in [0, 0.05) is 12.7 Å². The SMILES string of the molecule is CCCn1cc(C(N)=O)c(=O)n1-c1ccccc1. The summed E-state index contributed by atoms with van der Waals surface area (Å²) in [7, 11) is 0. The molecule has 2 rings (SSSR count). The standard InChI is InChI=1S/C13H15N3O2/c1-2-8-15-9-11(12(14)17)13(18)16(15)10-6-4-3-5-7-10/h3-7,9H,2,8H2,1H3,(H2,14,17). The summed E-state index contributed by atoms with van der Waals surface area (Å²) in [6.07, 6.45) is 2.38. The molecule has 2 aromatic rings. The fourth-order valence-corrected chi connectivity index (χ4v) is 1.89. The van der Waals surface area contributed by atoms with Crippen molar-refractivity contribution < 1.29 is 4.79 Å². The van der Waals surface area contributed by atoms with Crippen LogP contribution in [-0.4, -0.2) is 15.3 Å². The van der Waals surface area contributed by atoms with E-state index in [-0.39, 0.29) is 11.1 Å². The third-order valence-electron chi connectivity index (χ3n) is 2.68. The summed E-state index contributed by atoms with van der Waals surface area (Å²) in [6, 6.07) is 9.19. The van der Waals surface area contributed by atoms with Gasteiger partial charge in [0.1, 0.15) is 5.56 Å². The topological polar surface area (TPSA) is 70.0 Å². The Labute approximate surface area is 104 Å². The Bertz CT molecular complexity index is 611. The van der Waals surface area contributed by atoms with E-state index in [2.05, 4.69) is 0 Å². The zero-order chi connectivity index (χ0) is 13.1. The lowest BCUT2D eigenvalue weighted by Gasteiger charge is -2.09. The van der Waals surface area contributed by atoms with Crippen LogP contribution in [0.4, 0.5) is 0 Å². The second kappa shape index (κ2) is 4.91. The van der Waals surface area contributed by atoms with E-state index in [0.717, 1.165) is 12.1 Å². The molecule has 1 aromatic heterocycles. The average Bonchev–Trinajstić information content (AvgIpc) is 2.68. The first-order chi connectivity index (χ1) is 8.65. The summed E-state index contributed by atoms with van der Waals surface area (Å²) in [4.78, 5) is 23.4. The average molecular weight is 245 g/mol. The maximum atomic E-state index is 12.1. The Morgan fingerprint density at radius 2 is 1.94 bits per heavy atom. The van der Waals surface area contributed by atoms with Gasteiger partial charge in [-0.1, -0.05) is 25.1 Å². The maximum Gasteiger partial charge on any atom is 0.284 e. The minimum absolute atomic E-state index is 0.0207. The summed E-state index contributed by atoms with van der Waals surface area (Å²) in [5, 5.41) is 0. The van der Waals surface area contributed by atoms with Gasteiger partial charge in [-0.25, -0.2) is 4.68 Å². The first-order valence-electron chi connectivity index (χ1n) is 5.83. The van der Waals surface area contributed by atoms with Crippen molar-refractivity contribution in [2.75, 3.05) is 0 Å². The quantitative estimate of drug-likeness (QED) is 0.877. The van der Waals surface area contributed by atoms with Crippen LogP contribution in [0.1, 0.15) is 23.7 Å².